The lowest BCUT2D eigenvalue weighted by molar-refractivity contribution is 0.0763. The molecule has 76 valence electrons. The van der Waals surface area contributed by atoms with Crippen molar-refractivity contribution in [3.63, 3.8) is 0 Å². The van der Waals surface area contributed by atoms with Crippen molar-refractivity contribution in [3.8, 4) is 0 Å². The molecule has 1 N–H and O–H groups in total. The van der Waals surface area contributed by atoms with Gasteiger partial charge in [-0.1, -0.05) is 0 Å². The van der Waals surface area contributed by atoms with Gasteiger partial charge in [0.25, 0.3) is 5.91 Å². The fraction of sp³-hybridized carbons (Fsp3) is 0.500. The van der Waals surface area contributed by atoms with E-state index in [0.29, 0.717) is 30.8 Å². The first kappa shape index (κ1) is 9.27. The number of hydrogen-bond donors (Lipinski definition) is 1. The number of β-amino-alcohol motifs (C(OH)–C–C–N with tert-alkyl or cyclic N) is 1. The van der Waals surface area contributed by atoms with Crippen LogP contribution in [0.4, 0.5) is 0 Å². The van der Waals surface area contributed by atoms with Gasteiger partial charge in [0, 0.05) is 13.1 Å². The predicted molar refractivity (Wildman–Crippen MR) is 50.0 cm³/mol. The van der Waals surface area contributed by atoms with Crippen molar-refractivity contribution in [1.29, 1.82) is 0 Å². The highest BCUT2D eigenvalue weighted by Crippen LogP contribution is 2.16. The van der Waals surface area contributed by atoms with Crippen LogP contribution < -0.4 is 0 Å². The molecule has 1 fully saturated rings. The van der Waals surface area contributed by atoms with Crippen LogP contribution in [0.25, 0.3) is 0 Å². The van der Waals surface area contributed by atoms with Gasteiger partial charge in [-0.25, -0.2) is 0 Å². The fourth-order valence-corrected chi connectivity index (χ4v) is 1.70. The molecule has 1 aliphatic heterocycles. The molecule has 14 heavy (non-hydrogen) atoms. The molecule has 1 atom stereocenters. The Morgan fingerprint density at radius 3 is 3.00 bits per heavy atom. The van der Waals surface area contributed by atoms with E-state index in [0.717, 1.165) is 0 Å². The van der Waals surface area contributed by atoms with Crippen LogP contribution in [0.2, 0.25) is 0 Å². The summed E-state index contributed by atoms with van der Waals surface area (Å²) >= 11 is 0. The van der Waals surface area contributed by atoms with Crippen molar-refractivity contribution in [2.24, 2.45) is 0 Å². The lowest BCUT2D eigenvalue weighted by atomic mass is 10.2. The van der Waals surface area contributed by atoms with Crippen molar-refractivity contribution >= 4 is 5.91 Å². The number of carbonyl (C=O) groups is 1. The van der Waals surface area contributed by atoms with E-state index in [9.17, 15) is 9.90 Å². The number of likely N-dealkylation sites (tertiary alicyclic amines) is 1. The Labute approximate surface area is 82.1 Å². The number of nitrogens with zero attached hydrogens (tertiary/aromatic N) is 1. The second kappa shape index (κ2) is 3.46. The van der Waals surface area contributed by atoms with Gasteiger partial charge in [0.05, 0.1) is 17.9 Å². The topological polar surface area (TPSA) is 53.7 Å². The van der Waals surface area contributed by atoms with E-state index >= 15 is 0 Å². The lowest BCUT2D eigenvalue weighted by Gasteiger charge is -2.14. The van der Waals surface area contributed by atoms with Gasteiger partial charge in [-0.05, 0) is 19.4 Å². The molecule has 0 bridgehead atoms. The molecule has 1 amide bonds. The Kier molecular flexibility index (Phi) is 2.29. The van der Waals surface area contributed by atoms with E-state index in [1.807, 2.05) is 0 Å². The van der Waals surface area contributed by atoms with Gasteiger partial charge in [-0.15, -0.1) is 0 Å². The average Bonchev–Trinajstić information content (AvgIpc) is 2.73. The summed E-state index contributed by atoms with van der Waals surface area (Å²) < 4.78 is 5.06. The van der Waals surface area contributed by atoms with Crippen LogP contribution in [0.3, 0.4) is 0 Å². The summed E-state index contributed by atoms with van der Waals surface area (Å²) in [5.41, 5.74) is 0.596. The summed E-state index contributed by atoms with van der Waals surface area (Å²) in [6.07, 6.45) is 1.81. The molecule has 0 saturated carbocycles. The number of rotatable bonds is 1. The van der Waals surface area contributed by atoms with Gasteiger partial charge >= 0.3 is 0 Å². The summed E-state index contributed by atoms with van der Waals surface area (Å²) in [6.45, 7) is 2.83. The van der Waals surface area contributed by atoms with Crippen LogP contribution in [-0.4, -0.2) is 35.1 Å². The van der Waals surface area contributed by atoms with E-state index in [4.69, 9.17) is 4.42 Å². The molecule has 4 heteroatoms. The van der Waals surface area contributed by atoms with Gasteiger partial charge in [0.1, 0.15) is 5.76 Å². The highest BCUT2D eigenvalue weighted by molar-refractivity contribution is 5.95. The molecule has 1 aromatic heterocycles. The van der Waals surface area contributed by atoms with Gasteiger partial charge in [-0.2, -0.15) is 0 Å². The molecule has 1 saturated heterocycles. The van der Waals surface area contributed by atoms with Gasteiger partial charge < -0.3 is 14.4 Å². The Morgan fingerprint density at radius 2 is 2.50 bits per heavy atom. The highest BCUT2D eigenvalue weighted by atomic mass is 16.3. The molecule has 0 radical (unpaired) electrons. The van der Waals surface area contributed by atoms with Gasteiger partial charge in [0.2, 0.25) is 0 Å². The van der Waals surface area contributed by atoms with Crippen LogP contribution in [0.5, 0.6) is 0 Å². The van der Waals surface area contributed by atoms with Crippen LogP contribution in [-0.2, 0) is 0 Å². The number of furan rings is 1. The molecule has 2 heterocycles. The number of carbonyl (C=O) groups excluding carboxylic acids is 1. The Morgan fingerprint density at radius 1 is 1.71 bits per heavy atom. The molecule has 0 unspecified atom stereocenters. The number of aryl methyl sites for hydroxylation is 1. The molecular formula is C10H13NO3. The summed E-state index contributed by atoms with van der Waals surface area (Å²) in [7, 11) is 0. The number of aliphatic hydroxyl groups excluding tert-OH is 1. The van der Waals surface area contributed by atoms with Crippen LogP contribution in [0.15, 0.2) is 16.7 Å². The molecular weight excluding hydrogens is 182 g/mol. The second-order valence-corrected chi connectivity index (χ2v) is 3.58. The maximum atomic E-state index is 11.8. The molecule has 1 aliphatic rings. The first-order valence-corrected chi connectivity index (χ1v) is 4.70. The van der Waals surface area contributed by atoms with Crippen molar-refractivity contribution in [1.82, 2.24) is 4.90 Å². The molecule has 0 aliphatic carbocycles. The molecule has 1 aromatic rings. The third kappa shape index (κ3) is 1.53. The molecule has 4 nitrogen and oxygen atoms in total. The zero-order valence-electron chi connectivity index (χ0n) is 8.06. The van der Waals surface area contributed by atoms with E-state index in [1.54, 1.807) is 17.9 Å². The summed E-state index contributed by atoms with van der Waals surface area (Å²) in [6, 6.07) is 1.67. The maximum absolute atomic E-state index is 11.8. The van der Waals surface area contributed by atoms with Crippen molar-refractivity contribution in [3.05, 3.63) is 23.7 Å². The largest absolute Gasteiger partial charge is 0.469 e. The molecule has 0 spiro atoms. The van der Waals surface area contributed by atoms with Gasteiger partial charge in [-0.3, -0.25) is 4.79 Å². The average molecular weight is 195 g/mol. The minimum atomic E-state index is -0.369. The van der Waals surface area contributed by atoms with Crippen LogP contribution in [0.1, 0.15) is 22.5 Å². The van der Waals surface area contributed by atoms with E-state index in [1.165, 1.54) is 6.26 Å². The van der Waals surface area contributed by atoms with Gasteiger partial charge in [0.15, 0.2) is 0 Å². The summed E-state index contributed by atoms with van der Waals surface area (Å²) in [4.78, 5) is 13.5. The Balaban J connectivity index is 2.13. The Bertz CT molecular complexity index is 345. The van der Waals surface area contributed by atoms with Crippen LogP contribution in [0, 0.1) is 6.92 Å². The maximum Gasteiger partial charge on any atom is 0.257 e. The molecule has 2 rings (SSSR count). The van der Waals surface area contributed by atoms with Crippen LogP contribution >= 0.6 is 0 Å². The zero-order valence-corrected chi connectivity index (χ0v) is 8.06. The van der Waals surface area contributed by atoms with Crippen molar-refractivity contribution in [2.75, 3.05) is 13.1 Å². The van der Waals surface area contributed by atoms with Crippen molar-refractivity contribution < 1.29 is 14.3 Å². The van der Waals surface area contributed by atoms with E-state index in [-0.39, 0.29) is 12.0 Å². The third-order valence-electron chi connectivity index (χ3n) is 2.54. The number of hydrogen-bond acceptors (Lipinski definition) is 3. The monoisotopic (exact) mass is 195 g/mol. The normalized spacial score (nSPS) is 21.6. The standard InChI is InChI=1S/C10H13NO3/c1-7-9(3-5-14-7)10(13)11-4-2-8(12)6-11/h3,5,8,12H,2,4,6H2,1H3/t8-/m1/s1. The minimum Gasteiger partial charge on any atom is -0.469 e. The lowest BCUT2D eigenvalue weighted by Crippen LogP contribution is -2.29. The summed E-state index contributed by atoms with van der Waals surface area (Å²) in [5.74, 6) is 0.587. The third-order valence-corrected chi connectivity index (χ3v) is 2.54. The zero-order chi connectivity index (χ0) is 10.1. The number of aliphatic hydroxyl groups is 1. The minimum absolute atomic E-state index is 0.0483. The second-order valence-electron chi connectivity index (χ2n) is 3.58. The van der Waals surface area contributed by atoms with E-state index in [2.05, 4.69) is 0 Å². The number of amides is 1. The fourth-order valence-electron chi connectivity index (χ4n) is 1.70. The molecule has 0 aromatic carbocycles. The summed E-state index contributed by atoms with van der Waals surface area (Å²) in [5, 5.41) is 9.30. The first-order valence-electron chi connectivity index (χ1n) is 4.70. The van der Waals surface area contributed by atoms with E-state index < -0.39 is 0 Å². The smallest absolute Gasteiger partial charge is 0.257 e. The SMILES string of the molecule is Cc1occc1C(=O)N1CC[C@@H](O)C1. The Hall–Kier alpha value is -1.29. The quantitative estimate of drug-likeness (QED) is 0.721. The first-order chi connectivity index (χ1) is 6.68. The van der Waals surface area contributed by atoms with Crippen molar-refractivity contribution in [2.45, 2.75) is 19.4 Å². The highest BCUT2D eigenvalue weighted by Gasteiger charge is 2.26. The predicted octanol–water partition coefficient (Wildman–Crippen LogP) is 0.795.